The summed E-state index contributed by atoms with van der Waals surface area (Å²) in [5.74, 6) is -0.170. The highest BCUT2D eigenvalue weighted by Gasteiger charge is 2.31. The highest BCUT2D eigenvalue weighted by atomic mass is 16.5. The second-order valence-corrected chi connectivity index (χ2v) is 4.92. The molecule has 0 saturated carbocycles. The molecule has 0 aliphatic heterocycles. The van der Waals surface area contributed by atoms with Crippen LogP contribution < -0.4 is 5.32 Å². The topological polar surface area (TPSA) is 58.6 Å². The Balaban J connectivity index is 1.87. The van der Waals surface area contributed by atoms with Crippen molar-refractivity contribution in [2.45, 2.75) is 38.3 Å². The second-order valence-electron chi connectivity index (χ2n) is 4.92. The quantitative estimate of drug-likeness (QED) is 0.766. The van der Waals surface area contributed by atoms with Gasteiger partial charge in [-0.25, -0.2) is 0 Å². The molecule has 1 aliphatic rings. The molecule has 2 atom stereocenters. The number of aliphatic hydroxyl groups excluding tert-OH is 1. The summed E-state index contributed by atoms with van der Waals surface area (Å²) in [6.07, 6.45) is 2.06. The average molecular weight is 263 g/mol. The van der Waals surface area contributed by atoms with E-state index in [4.69, 9.17) is 4.74 Å². The largest absolute Gasteiger partial charge is 0.390 e. The monoisotopic (exact) mass is 263 g/mol. The van der Waals surface area contributed by atoms with Crippen LogP contribution in [-0.2, 0) is 16.0 Å². The van der Waals surface area contributed by atoms with Crippen molar-refractivity contribution >= 4 is 5.91 Å². The van der Waals surface area contributed by atoms with Crippen LogP contribution in [0, 0.1) is 0 Å². The zero-order chi connectivity index (χ0) is 13.7. The molecule has 0 unspecified atom stereocenters. The van der Waals surface area contributed by atoms with Crippen LogP contribution in [-0.4, -0.2) is 30.3 Å². The molecular formula is C15H21NO3. The maximum Gasteiger partial charge on any atom is 0.246 e. The van der Waals surface area contributed by atoms with Crippen LogP contribution in [0.5, 0.6) is 0 Å². The molecule has 2 rings (SSSR count). The number of ether oxygens (including phenoxy) is 1. The van der Waals surface area contributed by atoms with Gasteiger partial charge in [-0.3, -0.25) is 4.79 Å². The van der Waals surface area contributed by atoms with Crippen molar-refractivity contribution in [3.63, 3.8) is 0 Å². The van der Waals surface area contributed by atoms with E-state index in [2.05, 4.69) is 12.2 Å². The molecule has 4 nitrogen and oxygen atoms in total. The minimum Gasteiger partial charge on any atom is -0.390 e. The van der Waals surface area contributed by atoms with E-state index in [1.54, 1.807) is 0 Å². The Hall–Kier alpha value is -1.39. The van der Waals surface area contributed by atoms with Gasteiger partial charge in [0.15, 0.2) is 0 Å². The first kappa shape index (κ1) is 14.0. The van der Waals surface area contributed by atoms with Gasteiger partial charge in [-0.05, 0) is 17.5 Å². The fourth-order valence-corrected chi connectivity index (χ4v) is 2.37. The van der Waals surface area contributed by atoms with E-state index in [0.717, 1.165) is 24.0 Å². The van der Waals surface area contributed by atoms with Gasteiger partial charge in [0.1, 0.15) is 6.61 Å². The van der Waals surface area contributed by atoms with E-state index in [0.29, 0.717) is 13.0 Å². The molecule has 0 saturated heterocycles. The van der Waals surface area contributed by atoms with Crippen molar-refractivity contribution in [2.75, 3.05) is 13.2 Å². The Labute approximate surface area is 113 Å². The van der Waals surface area contributed by atoms with E-state index < -0.39 is 6.10 Å². The molecule has 1 amide bonds. The number of hydrogen-bond donors (Lipinski definition) is 2. The molecule has 1 aromatic rings. The summed E-state index contributed by atoms with van der Waals surface area (Å²) in [7, 11) is 0. The summed E-state index contributed by atoms with van der Waals surface area (Å²) in [5.41, 5.74) is 2.11. The van der Waals surface area contributed by atoms with Gasteiger partial charge in [0.2, 0.25) is 5.91 Å². The van der Waals surface area contributed by atoms with Crippen molar-refractivity contribution in [3.8, 4) is 0 Å². The molecule has 0 radical (unpaired) electrons. The van der Waals surface area contributed by atoms with Crippen LogP contribution in [0.25, 0.3) is 0 Å². The minimum atomic E-state index is -0.544. The summed E-state index contributed by atoms with van der Waals surface area (Å²) in [4.78, 5) is 11.8. The van der Waals surface area contributed by atoms with E-state index in [9.17, 15) is 9.90 Å². The lowest BCUT2D eigenvalue weighted by Gasteiger charge is -2.17. The van der Waals surface area contributed by atoms with E-state index in [-0.39, 0.29) is 18.6 Å². The normalized spacial score (nSPS) is 21.2. The summed E-state index contributed by atoms with van der Waals surface area (Å²) in [5, 5.41) is 12.9. The molecule has 1 aliphatic carbocycles. The smallest absolute Gasteiger partial charge is 0.246 e. The number of carbonyl (C=O) groups is 1. The van der Waals surface area contributed by atoms with Gasteiger partial charge in [0.25, 0.3) is 0 Å². The SMILES string of the molecule is CCCCOCC(=O)N[C@@H]1c2ccccc2C[C@@H]1O. The first-order chi connectivity index (χ1) is 9.22. The lowest BCUT2D eigenvalue weighted by Crippen LogP contribution is -2.36. The number of aliphatic hydroxyl groups is 1. The van der Waals surface area contributed by atoms with Gasteiger partial charge in [0, 0.05) is 13.0 Å². The fourth-order valence-electron chi connectivity index (χ4n) is 2.37. The summed E-state index contributed by atoms with van der Waals surface area (Å²) in [6, 6.07) is 7.51. The third-order valence-corrected chi connectivity index (χ3v) is 3.40. The highest BCUT2D eigenvalue weighted by Crippen LogP contribution is 2.30. The number of hydrogen-bond acceptors (Lipinski definition) is 3. The standard InChI is InChI=1S/C15H21NO3/c1-2-3-8-19-10-14(18)16-15-12-7-5-4-6-11(12)9-13(15)17/h4-7,13,15,17H,2-3,8-10H2,1H3,(H,16,18)/t13-,15+/m0/s1. The Bertz CT molecular complexity index is 433. The van der Waals surface area contributed by atoms with Gasteiger partial charge in [-0.2, -0.15) is 0 Å². The molecule has 1 aromatic carbocycles. The second kappa shape index (κ2) is 6.68. The van der Waals surface area contributed by atoms with Crippen LogP contribution in [0.2, 0.25) is 0 Å². The number of benzene rings is 1. The van der Waals surface area contributed by atoms with Crippen molar-refractivity contribution in [3.05, 3.63) is 35.4 Å². The van der Waals surface area contributed by atoms with Gasteiger partial charge in [0.05, 0.1) is 12.1 Å². The van der Waals surface area contributed by atoms with Gasteiger partial charge in [-0.15, -0.1) is 0 Å². The first-order valence-corrected chi connectivity index (χ1v) is 6.85. The lowest BCUT2D eigenvalue weighted by molar-refractivity contribution is -0.127. The van der Waals surface area contributed by atoms with E-state index in [1.165, 1.54) is 0 Å². The van der Waals surface area contributed by atoms with Gasteiger partial charge in [-0.1, -0.05) is 37.6 Å². The lowest BCUT2D eigenvalue weighted by atomic mass is 10.1. The fraction of sp³-hybridized carbons (Fsp3) is 0.533. The van der Waals surface area contributed by atoms with Crippen molar-refractivity contribution < 1.29 is 14.6 Å². The number of nitrogens with one attached hydrogen (secondary N) is 1. The predicted molar refractivity (Wildman–Crippen MR) is 72.8 cm³/mol. The molecule has 19 heavy (non-hydrogen) atoms. The number of carbonyl (C=O) groups excluding carboxylic acids is 1. The first-order valence-electron chi connectivity index (χ1n) is 6.85. The third kappa shape index (κ3) is 3.55. The molecule has 104 valence electrons. The molecule has 4 heteroatoms. The summed E-state index contributed by atoms with van der Waals surface area (Å²) in [6.45, 7) is 2.74. The Morgan fingerprint density at radius 2 is 2.26 bits per heavy atom. The Kier molecular flexibility index (Phi) is 4.93. The molecule has 0 bridgehead atoms. The van der Waals surface area contributed by atoms with Crippen molar-refractivity contribution in [1.29, 1.82) is 0 Å². The van der Waals surface area contributed by atoms with Crippen LogP contribution in [0.3, 0.4) is 0 Å². The number of unbranched alkanes of at least 4 members (excludes halogenated alkanes) is 1. The Morgan fingerprint density at radius 1 is 1.47 bits per heavy atom. The summed E-state index contributed by atoms with van der Waals surface area (Å²) < 4.78 is 5.28. The summed E-state index contributed by atoms with van der Waals surface area (Å²) >= 11 is 0. The zero-order valence-electron chi connectivity index (χ0n) is 11.3. The number of fused-ring (bicyclic) bond motifs is 1. The molecule has 0 aromatic heterocycles. The predicted octanol–water partition coefficient (Wildman–Crippen LogP) is 1.58. The van der Waals surface area contributed by atoms with E-state index in [1.807, 2.05) is 24.3 Å². The molecular weight excluding hydrogens is 242 g/mol. The molecule has 0 heterocycles. The van der Waals surface area contributed by atoms with Crippen LogP contribution >= 0.6 is 0 Å². The molecule has 2 N–H and O–H groups in total. The average Bonchev–Trinajstić information content (AvgIpc) is 2.72. The number of amides is 1. The Morgan fingerprint density at radius 3 is 3.05 bits per heavy atom. The molecule has 0 spiro atoms. The maximum absolute atomic E-state index is 11.8. The van der Waals surface area contributed by atoms with Crippen molar-refractivity contribution in [2.24, 2.45) is 0 Å². The van der Waals surface area contributed by atoms with Crippen LogP contribution in [0.15, 0.2) is 24.3 Å². The van der Waals surface area contributed by atoms with E-state index >= 15 is 0 Å². The minimum absolute atomic E-state index is 0.0609. The van der Waals surface area contributed by atoms with Gasteiger partial charge < -0.3 is 15.2 Å². The van der Waals surface area contributed by atoms with Crippen LogP contribution in [0.1, 0.15) is 36.9 Å². The van der Waals surface area contributed by atoms with Crippen molar-refractivity contribution in [1.82, 2.24) is 5.32 Å². The highest BCUT2D eigenvalue weighted by molar-refractivity contribution is 5.78. The molecule has 0 fully saturated rings. The van der Waals surface area contributed by atoms with Gasteiger partial charge >= 0.3 is 0 Å². The number of rotatable bonds is 6. The van der Waals surface area contributed by atoms with Crippen LogP contribution in [0.4, 0.5) is 0 Å². The zero-order valence-corrected chi connectivity index (χ0v) is 11.3. The maximum atomic E-state index is 11.8. The third-order valence-electron chi connectivity index (χ3n) is 3.40.